The summed E-state index contributed by atoms with van der Waals surface area (Å²) < 4.78 is 16.4. The van der Waals surface area contributed by atoms with Gasteiger partial charge >= 0.3 is 5.97 Å². The molecule has 0 fully saturated rings. The van der Waals surface area contributed by atoms with E-state index in [-0.39, 0.29) is 23.0 Å². The van der Waals surface area contributed by atoms with Gasteiger partial charge in [-0.25, -0.2) is 4.79 Å². The van der Waals surface area contributed by atoms with Gasteiger partial charge in [0.2, 0.25) is 5.91 Å². The number of carbonyl (C=O) groups is 3. The van der Waals surface area contributed by atoms with Crippen molar-refractivity contribution in [1.82, 2.24) is 0 Å². The minimum Gasteiger partial charge on any atom is -0.493 e. The highest BCUT2D eigenvalue weighted by Gasteiger charge is 2.24. The van der Waals surface area contributed by atoms with E-state index < -0.39 is 11.9 Å². The van der Waals surface area contributed by atoms with Crippen LogP contribution in [0.15, 0.2) is 54.6 Å². The summed E-state index contributed by atoms with van der Waals surface area (Å²) in [5.41, 5.74) is 2.46. The molecule has 1 amide bonds. The lowest BCUT2D eigenvalue weighted by atomic mass is 10.1. The van der Waals surface area contributed by atoms with Gasteiger partial charge < -0.3 is 19.5 Å². The first-order valence-corrected chi connectivity index (χ1v) is 11.8. The molecule has 35 heavy (non-hydrogen) atoms. The summed E-state index contributed by atoms with van der Waals surface area (Å²) in [5, 5.41) is 2.98. The fourth-order valence-electron chi connectivity index (χ4n) is 3.35. The molecule has 0 aliphatic rings. The van der Waals surface area contributed by atoms with E-state index in [0.717, 1.165) is 22.5 Å². The minimum atomic E-state index is -0.580. The zero-order valence-corrected chi connectivity index (χ0v) is 20.9. The number of hydrogen-bond acceptors (Lipinski definition) is 7. The third kappa shape index (κ3) is 6.58. The summed E-state index contributed by atoms with van der Waals surface area (Å²) in [5.74, 6) is -0.0918. The summed E-state index contributed by atoms with van der Waals surface area (Å²) in [4.78, 5) is 37.4. The van der Waals surface area contributed by atoms with Crippen LogP contribution in [0.2, 0.25) is 0 Å². The van der Waals surface area contributed by atoms with E-state index in [2.05, 4.69) is 5.32 Å². The van der Waals surface area contributed by atoms with Crippen LogP contribution in [0, 0.1) is 6.92 Å². The number of carbonyl (C=O) groups excluding carboxylic acids is 3. The number of thiophene rings is 1. The van der Waals surface area contributed by atoms with Crippen LogP contribution in [0.25, 0.3) is 6.08 Å². The predicted molar refractivity (Wildman–Crippen MR) is 136 cm³/mol. The Balaban J connectivity index is 1.73. The molecule has 0 unspecified atom stereocenters. The molecule has 0 bridgehead atoms. The number of hydrogen-bond donors (Lipinski definition) is 1. The van der Waals surface area contributed by atoms with Gasteiger partial charge in [-0.3, -0.25) is 9.59 Å². The van der Waals surface area contributed by atoms with Gasteiger partial charge in [-0.05, 0) is 55.7 Å². The number of benzene rings is 2. The second kappa shape index (κ2) is 12.0. The Bertz CT molecular complexity index is 1250. The average molecular weight is 494 g/mol. The van der Waals surface area contributed by atoms with Crippen LogP contribution < -0.4 is 14.8 Å². The largest absolute Gasteiger partial charge is 0.493 e. The Labute approximate surface area is 208 Å². The van der Waals surface area contributed by atoms with Crippen molar-refractivity contribution in [3.05, 3.63) is 81.7 Å². The number of Topliss-reactive ketones (excluding diaryl/α,β-unsaturated/α-hetero) is 1. The molecular weight excluding hydrogens is 466 g/mol. The normalized spacial score (nSPS) is 10.7. The highest BCUT2D eigenvalue weighted by molar-refractivity contribution is 7.18. The van der Waals surface area contributed by atoms with Crippen molar-refractivity contribution < 1.29 is 28.6 Å². The SMILES string of the molecule is CCOC(=O)c1c(NC(=O)/C=C/c2ccc(OCc3ccccc3)c(OC)c2)sc(C(C)=O)c1C. The van der Waals surface area contributed by atoms with Crippen LogP contribution in [0.1, 0.15) is 50.6 Å². The topological polar surface area (TPSA) is 90.9 Å². The Morgan fingerprint density at radius 3 is 2.46 bits per heavy atom. The number of methoxy groups -OCH3 is 1. The van der Waals surface area contributed by atoms with Gasteiger partial charge in [-0.1, -0.05) is 36.4 Å². The first-order chi connectivity index (χ1) is 16.8. The maximum Gasteiger partial charge on any atom is 0.341 e. The predicted octanol–water partition coefficient (Wildman–Crippen LogP) is 5.68. The molecule has 1 heterocycles. The average Bonchev–Trinajstić information content (AvgIpc) is 3.18. The van der Waals surface area contributed by atoms with Gasteiger partial charge in [0.1, 0.15) is 11.6 Å². The van der Waals surface area contributed by atoms with Crippen LogP contribution in [-0.2, 0) is 16.1 Å². The molecule has 182 valence electrons. The fraction of sp³-hybridized carbons (Fsp3) is 0.222. The number of esters is 1. The fourth-order valence-corrected chi connectivity index (χ4v) is 4.45. The van der Waals surface area contributed by atoms with E-state index >= 15 is 0 Å². The van der Waals surface area contributed by atoms with Crippen molar-refractivity contribution in [2.45, 2.75) is 27.4 Å². The lowest BCUT2D eigenvalue weighted by molar-refractivity contribution is -0.111. The van der Waals surface area contributed by atoms with Gasteiger partial charge in [0.05, 0.1) is 24.2 Å². The highest BCUT2D eigenvalue weighted by Crippen LogP contribution is 2.34. The van der Waals surface area contributed by atoms with E-state index in [9.17, 15) is 14.4 Å². The van der Waals surface area contributed by atoms with E-state index in [1.54, 1.807) is 45.2 Å². The summed E-state index contributed by atoms with van der Waals surface area (Å²) in [6.45, 7) is 5.36. The lowest BCUT2D eigenvalue weighted by Gasteiger charge is -2.11. The molecule has 0 radical (unpaired) electrons. The zero-order chi connectivity index (χ0) is 25.4. The number of nitrogens with one attached hydrogen (secondary N) is 1. The highest BCUT2D eigenvalue weighted by atomic mass is 32.1. The standard InChI is InChI=1S/C27H27NO6S/c1-5-33-27(31)24-17(2)25(18(3)29)35-26(24)28-23(30)14-12-19-11-13-21(22(15-19)32-4)34-16-20-9-7-6-8-10-20/h6-15H,5,16H2,1-4H3,(H,28,30)/b14-12+. The van der Waals surface area contributed by atoms with Crippen LogP contribution in [-0.4, -0.2) is 31.4 Å². The number of anilines is 1. The second-order valence-corrected chi connectivity index (χ2v) is 8.56. The maximum atomic E-state index is 12.6. The third-order valence-electron chi connectivity index (χ3n) is 5.03. The molecule has 0 saturated heterocycles. The zero-order valence-electron chi connectivity index (χ0n) is 20.0. The van der Waals surface area contributed by atoms with Crippen LogP contribution >= 0.6 is 11.3 Å². The molecule has 3 aromatic rings. The van der Waals surface area contributed by atoms with Crippen molar-refractivity contribution in [3.8, 4) is 11.5 Å². The van der Waals surface area contributed by atoms with Crippen molar-refractivity contribution >= 4 is 40.1 Å². The molecule has 0 aliphatic carbocycles. The van der Waals surface area contributed by atoms with Crippen LogP contribution in [0.5, 0.6) is 11.5 Å². The van der Waals surface area contributed by atoms with Crippen LogP contribution in [0.4, 0.5) is 5.00 Å². The molecule has 0 aliphatic heterocycles. The molecule has 3 rings (SSSR count). The van der Waals surface area contributed by atoms with Crippen molar-refractivity contribution in [1.29, 1.82) is 0 Å². The summed E-state index contributed by atoms with van der Waals surface area (Å²) in [6.07, 6.45) is 2.96. The van der Waals surface area contributed by atoms with Gasteiger partial charge in [-0.15, -0.1) is 11.3 Å². The first kappa shape index (κ1) is 25.7. The number of amides is 1. The summed E-state index contributed by atoms with van der Waals surface area (Å²) in [6, 6.07) is 15.1. The summed E-state index contributed by atoms with van der Waals surface area (Å²) in [7, 11) is 1.55. The van der Waals surface area contributed by atoms with Crippen molar-refractivity contribution in [3.63, 3.8) is 0 Å². The van der Waals surface area contributed by atoms with Gasteiger partial charge in [-0.2, -0.15) is 0 Å². The third-order valence-corrected chi connectivity index (χ3v) is 6.34. The monoisotopic (exact) mass is 493 g/mol. The molecule has 8 heteroatoms. The van der Waals surface area contributed by atoms with E-state index in [1.807, 2.05) is 30.3 Å². The number of ether oxygens (including phenoxy) is 3. The molecular formula is C27H27NO6S. The first-order valence-electron chi connectivity index (χ1n) is 11.0. The summed E-state index contributed by atoms with van der Waals surface area (Å²) >= 11 is 1.06. The van der Waals surface area contributed by atoms with E-state index in [1.165, 1.54) is 13.0 Å². The number of ketones is 1. The second-order valence-electron chi connectivity index (χ2n) is 7.54. The Kier molecular flexibility index (Phi) is 8.80. The Morgan fingerprint density at radius 1 is 1.06 bits per heavy atom. The number of rotatable bonds is 10. The molecule has 7 nitrogen and oxygen atoms in total. The molecule has 0 saturated carbocycles. The van der Waals surface area contributed by atoms with Gasteiger partial charge in [0, 0.05) is 6.08 Å². The van der Waals surface area contributed by atoms with Crippen LogP contribution in [0.3, 0.4) is 0 Å². The molecule has 1 aromatic heterocycles. The Hall–Kier alpha value is -3.91. The quantitative estimate of drug-likeness (QED) is 0.222. The molecule has 0 spiro atoms. The maximum absolute atomic E-state index is 12.6. The molecule has 2 aromatic carbocycles. The van der Waals surface area contributed by atoms with E-state index in [4.69, 9.17) is 14.2 Å². The molecule has 1 N–H and O–H groups in total. The van der Waals surface area contributed by atoms with Gasteiger partial charge in [0.15, 0.2) is 17.3 Å². The molecule has 0 atom stereocenters. The lowest BCUT2D eigenvalue weighted by Crippen LogP contribution is -2.12. The van der Waals surface area contributed by atoms with E-state index in [0.29, 0.717) is 28.5 Å². The van der Waals surface area contributed by atoms with Crippen molar-refractivity contribution in [2.75, 3.05) is 19.0 Å². The Morgan fingerprint density at radius 2 is 1.80 bits per heavy atom. The van der Waals surface area contributed by atoms with Gasteiger partial charge in [0.25, 0.3) is 0 Å². The smallest absolute Gasteiger partial charge is 0.341 e. The van der Waals surface area contributed by atoms with Crippen molar-refractivity contribution in [2.24, 2.45) is 0 Å². The minimum absolute atomic E-state index is 0.184.